The highest BCUT2D eigenvalue weighted by atomic mass is 16.2. The molecule has 6 heteroatoms. The smallest absolute Gasteiger partial charge is 0.230 e. The standard InChI is InChI=1S/C25H33N5O/c31-24-25(8-4-14-30(24)16-15-28-12-1-2-13-28)20-29(18-21-6-10-26-11-7-21)19-23(25)22-5-3-9-27-17-22/h3,5-7,9-11,17,23H,1-2,4,8,12-16,18-20H2/t23-,25-/m1/s1. The Balaban J connectivity index is 1.38. The van der Waals surface area contributed by atoms with E-state index in [0.29, 0.717) is 5.91 Å². The number of piperidine rings is 1. The third kappa shape index (κ3) is 4.23. The lowest BCUT2D eigenvalue weighted by molar-refractivity contribution is -0.146. The van der Waals surface area contributed by atoms with E-state index in [1.54, 1.807) is 0 Å². The van der Waals surface area contributed by atoms with Crippen molar-refractivity contribution in [1.29, 1.82) is 0 Å². The molecular weight excluding hydrogens is 386 g/mol. The van der Waals surface area contributed by atoms with Crippen LogP contribution in [0.1, 0.15) is 42.7 Å². The van der Waals surface area contributed by atoms with Crippen molar-refractivity contribution >= 4 is 5.91 Å². The molecule has 3 saturated heterocycles. The quantitative estimate of drug-likeness (QED) is 0.721. The largest absolute Gasteiger partial charge is 0.341 e. The molecule has 2 aromatic heterocycles. The van der Waals surface area contributed by atoms with Gasteiger partial charge in [-0.15, -0.1) is 0 Å². The van der Waals surface area contributed by atoms with Gasteiger partial charge in [0.1, 0.15) is 0 Å². The molecule has 6 nitrogen and oxygen atoms in total. The van der Waals surface area contributed by atoms with Gasteiger partial charge in [-0.1, -0.05) is 6.07 Å². The van der Waals surface area contributed by atoms with E-state index >= 15 is 0 Å². The van der Waals surface area contributed by atoms with Gasteiger partial charge in [0.25, 0.3) is 0 Å². The first-order valence-electron chi connectivity index (χ1n) is 11.8. The predicted molar refractivity (Wildman–Crippen MR) is 120 cm³/mol. The number of carbonyl (C=O) groups is 1. The van der Waals surface area contributed by atoms with E-state index in [0.717, 1.165) is 52.1 Å². The molecular formula is C25H33N5O. The Morgan fingerprint density at radius 3 is 2.55 bits per heavy atom. The summed E-state index contributed by atoms with van der Waals surface area (Å²) in [6.45, 7) is 7.75. The maximum atomic E-state index is 14.0. The Labute approximate surface area is 185 Å². The average Bonchev–Trinajstić information content (AvgIpc) is 3.45. The normalized spacial score (nSPS) is 27.4. The van der Waals surface area contributed by atoms with Crippen molar-refractivity contribution in [3.8, 4) is 0 Å². The lowest BCUT2D eigenvalue weighted by Crippen LogP contribution is -2.53. The molecule has 1 amide bonds. The van der Waals surface area contributed by atoms with Gasteiger partial charge in [0.15, 0.2) is 0 Å². The molecule has 3 aliphatic rings. The number of aromatic nitrogens is 2. The fraction of sp³-hybridized carbons (Fsp3) is 0.560. The van der Waals surface area contributed by atoms with Gasteiger partial charge in [0.05, 0.1) is 5.41 Å². The molecule has 2 atom stereocenters. The van der Waals surface area contributed by atoms with Crippen LogP contribution in [0, 0.1) is 5.41 Å². The zero-order chi connectivity index (χ0) is 21.1. The second-order valence-corrected chi connectivity index (χ2v) is 9.46. The summed E-state index contributed by atoms with van der Waals surface area (Å²) in [6.07, 6.45) is 12.2. The fourth-order valence-electron chi connectivity index (χ4n) is 5.94. The van der Waals surface area contributed by atoms with Crippen LogP contribution in [0.2, 0.25) is 0 Å². The van der Waals surface area contributed by atoms with Crippen molar-refractivity contribution in [2.24, 2.45) is 5.41 Å². The predicted octanol–water partition coefficient (Wildman–Crippen LogP) is 2.78. The van der Waals surface area contributed by atoms with E-state index in [4.69, 9.17) is 0 Å². The molecule has 31 heavy (non-hydrogen) atoms. The first-order chi connectivity index (χ1) is 15.2. The summed E-state index contributed by atoms with van der Waals surface area (Å²) in [5, 5.41) is 0. The van der Waals surface area contributed by atoms with Gasteiger partial charge in [0.2, 0.25) is 5.91 Å². The second kappa shape index (κ2) is 9.05. The lowest BCUT2D eigenvalue weighted by Gasteiger charge is -2.43. The summed E-state index contributed by atoms with van der Waals surface area (Å²) >= 11 is 0. The Kier molecular flexibility index (Phi) is 6.01. The van der Waals surface area contributed by atoms with E-state index in [2.05, 4.69) is 42.9 Å². The van der Waals surface area contributed by atoms with Gasteiger partial charge in [-0.25, -0.2) is 0 Å². The number of amides is 1. The summed E-state index contributed by atoms with van der Waals surface area (Å²) in [4.78, 5) is 29.7. The highest BCUT2D eigenvalue weighted by molar-refractivity contribution is 5.85. The zero-order valence-corrected chi connectivity index (χ0v) is 18.3. The van der Waals surface area contributed by atoms with Crippen LogP contribution in [0.3, 0.4) is 0 Å². The third-order valence-corrected chi connectivity index (χ3v) is 7.50. The van der Waals surface area contributed by atoms with E-state index in [-0.39, 0.29) is 11.3 Å². The Bertz CT molecular complexity index is 870. The second-order valence-electron chi connectivity index (χ2n) is 9.46. The molecule has 0 saturated carbocycles. The molecule has 0 aromatic carbocycles. The summed E-state index contributed by atoms with van der Waals surface area (Å²) in [7, 11) is 0. The number of pyridine rings is 2. The number of carbonyl (C=O) groups excluding carboxylic acids is 1. The maximum absolute atomic E-state index is 14.0. The van der Waals surface area contributed by atoms with Crippen molar-refractivity contribution < 1.29 is 4.79 Å². The lowest BCUT2D eigenvalue weighted by atomic mass is 9.69. The average molecular weight is 420 g/mol. The van der Waals surface area contributed by atoms with Crippen LogP contribution in [0.5, 0.6) is 0 Å². The van der Waals surface area contributed by atoms with E-state index < -0.39 is 0 Å². The molecule has 2 aromatic rings. The van der Waals surface area contributed by atoms with E-state index in [9.17, 15) is 4.79 Å². The minimum atomic E-state index is -0.334. The zero-order valence-electron chi connectivity index (χ0n) is 18.3. The fourth-order valence-corrected chi connectivity index (χ4v) is 5.94. The van der Waals surface area contributed by atoms with Crippen molar-refractivity contribution in [2.45, 2.75) is 38.1 Å². The monoisotopic (exact) mass is 419 g/mol. The first kappa shape index (κ1) is 20.6. The summed E-state index contributed by atoms with van der Waals surface area (Å²) in [5.41, 5.74) is 2.12. The van der Waals surface area contributed by atoms with Gasteiger partial charge >= 0.3 is 0 Å². The maximum Gasteiger partial charge on any atom is 0.230 e. The minimum Gasteiger partial charge on any atom is -0.341 e. The van der Waals surface area contributed by atoms with Crippen molar-refractivity contribution in [3.05, 3.63) is 60.2 Å². The molecule has 0 aliphatic carbocycles. The Morgan fingerprint density at radius 1 is 0.935 bits per heavy atom. The minimum absolute atomic E-state index is 0.199. The Hall–Kier alpha value is -2.31. The molecule has 1 spiro atoms. The van der Waals surface area contributed by atoms with Gasteiger partial charge in [0, 0.05) is 70.0 Å². The molecule has 5 heterocycles. The van der Waals surface area contributed by atoms with Crippen LogP contribution >= 0.6 is 0 Å². The number of hydrogen-bond acceptors (Lipinski definition) is 5. The first-order valence-corrected chi connectivity index (χ1v) is 11.8. The van der Waals surface area contributed by atoms with Gasteiger partial charge in [-0.2, -0.15) is 0 Å². The topological polar surface area (TPSA) is 52.6 Å². The van der Waals surface area contributed by atoms with Crippen LogP contribution in [0.25, 0.3) is 0 Å². The van der Waals surface area contributed by atoms with Crippen LogP contribution in [-0.2, 0) is 11.3 Å². The highest BCUT2D eigenvalue weighted by Gasteiger charge is 2.55. The summed E-state index contributed by atoms with van der Waals surface area (Å²) in [5.74, 6) is 0.564. The summed E-state index contributed by atoms with van der Waals surface area (Å²) < 4.78 is 0. The van der Waals surface area contributed by atoms with Crippen LogP contribution in [0.15, 0.2) is 49.1 Å². The summed E-state index contributed by atoms with van der Waals surface area (Å²) in [6, 6.07) is 8.32. The molecule has 3 aliphatic heterocycles. The highest BCUT2D eigenvalue weighted by Crippen LogP contribution is 2.49. The van der Waals surface area contributed by atoms with Crippen LogP contribution in [0.4, 0.5) is 0 Å². The third-order valence-electron chi connectivity index (χ3n) is 7.50. The van der Waals surface area contributed by atoms with Gasteiger partial charge < -0.3 is 9.80 Å². The Morgan fingerprint density at radius 2 is 1.77 bits per heavy atom. The van der Waals surface area contributed by atoms with Crippen molar-refractivity contribution in [3.63, 3.8) is 0 Å². The SMILES string of the molecule is O=C1N(CCN2CCCC2)CCC[C@]12CN(Cc1ccncc1)C[C@@H]2c1cccnc1. The van der Waals surface area contributed by atoms with Gasteiger partial charge in [-0.3, -0.25) is 19.7 Å². The molecule has 164 valence electrons. The van der Waals surface area contributed by atoms with Crippen LogP contribution < -0.4 is 0 Å². The number of likely N-dealkylation sites (tertiary alicyclic amines) is 3. The van der Waals surface area contributed by atoms with E-state index in [1.807, 2.05) is 30.9 Å². The molecule has 3 fully saturated rings. The molecule has 0 radical (unpaired) electrons. The van der Waals surface area contributed by atoms with Crippen molar-refractivity contribution in [2.75, 3.05) is 45.8 Å². The number of hydrogen-bond donors (Lipinski definition) is 0. The molecule has 0 bridgehead atoms. The molecule has 0 N–H and O–H groups in total. The van der Waals surface area contributed by atoms with Gasteiger partial charge in [-0.05, 0) is 68.1 Å². The molecule has 0 unspecified atom stereocenters. The van der Waals surface area contributed by atoms with E-state index in [1.165, 1.54) is 37.1 Å². The number of rotatable bonds is 6. The molecule has 5 rings (SSSR count). The number of nitrogens with zero attached hydrogens (tertiary/aromatic N) is 5. The van der Waals surface area contributed by atoms with Crippen molar-refractivity contribution in [1.82, 2.24) is 24.7 Å². The van der Waals surface area contributed by atoms with Crippen LogP contribution in [-0.4, -0.2) is 76.4 Å².